The first-order chi connectivity index (χ1) is 7.90. The molecule has 0 aliphatic heterocycles. The van der Waals surface area contributed by atoms with E-state index < -0.39 is 0 Å². The summed E-state index contributed by atoms with van der Waals surface area (Å²) >= 11 is 1.70. The number of aromatic nitrogens is 1. The maximum absolute atomic E-state index is 5.63. The predicted octanol–water partition coefficient (Wildman–Crippen LogP) is 3.02. The quantitative estimate of drug-likeness (QED) is 0.736. The molecule has 0 atom stereocenters. The highest BCUT2D eigenvalue weighted by Gasteiger charge is 2.13. The Balaban J connectivity index is 2.26. The molecule has 3 nitrogen and oxygen atoms in total. The van der Waals surface area contributed by atoms with E-state index in [-0.39, 0.29) is 0 Å². The zero-order chi connectivity index (χ0) is 11.0. The summed E-state index contributed by atoms with van der Waals surface area (Å²) in [6, 6.07) is 8.25. The van der Waals surface area contributed by atoms with E-state index in [1.54, 1.807) is 11.3 Å². The van der Waals surface area contributed by atoms with E-state index in [2.05, 4.69) is 22.5 Å². The van der Waals surface area contributed by atoms with Crippen LogP contribution in [-0.4, -0.2) is 4.98 Å². The van der Waals surface area contributed by atoms with Gasteiger partial charge in [0.15, 0.2) is 12.2 Å². The van der Waals surface area contributed by atoms with Crippen LogP contribution in [0.2, 0.25) is 0 Å². The molecular weight excluding hydrogens is 220 g/mol. The van der Waals surface area contributed by atoms with Gasteiger partial charge in [0.2, 0.25) is 0 Å². The van der Waals surface area contributed by atoms with Crippen LogP contribution in [0.15, 0.2) is 40.5 Å². The Kier molecular flexibility index (Phi) is 2.23. The van der Waals surface area contributed by atoms with Crippen LogP contribution in [0, 0.1) is 0 Å². The molecule has 16 heavy (non-hydrogen) atoms. The highest BCUT2D eigenvalue weighted by molar-refractivity contribution is 7.17. The number of nitrogens with two attached hydrogens (primary N) is 1. The normalized spacial score (nSPS) is 11.1. The lowest BCUT2D eigenvalue weighted by Crippen LogP contribution is -1.97. The Morgan fingerprint density at radius 2 is 2.19 bits per heavy atom. The molecule has 0 aliphatic carbocycles. The summed E-state index contributed by atoms with van der Waals surface area (Å²) in [6.45, 7) is 0.399. The maximum Gasteiger partial charge on any atom is 0.181 e. The lowest BCUT2D eigenvalue weighted by Gasteiger charge is -1.96. The summed E-state index contributed by atoms with van der Waals surface area (Å²) in [6.07, 6.45) is 1.45. The first kappa shape index (κ1) is 9.57. The minimum absolute atomic E-state index is 0.399. The molecule has 0 saturated carbocycles. The van der Waals surface area contributed by atoms with Crippen molar-refractivity contribution in [3.8, 4) is 11.3 Å². The van der Waals surface area contributed by atoms with Crippen molar-refractivity contribution in [2.75, 3.05) is 0 Å². The summed E-state index contributed by atoms with van der Waals surface area (Å²) in [5.74, 6) is 0.792. The van der Waals surface area contributed by atoms with Gasteiger partial charge in [-0.3, -0.25) is 0 Å². The van der Waals surface area contributed by atoms with Crippen LogP contribution in [0.3, 0.4) is 0 Å². The molecule has 0 fully saturated rings. The summed E-state index contributed by atoms with van der Waals surface area (Å²) in [5.41, 5.74) is 7.52. The van der Waals surface area contributed by atoms with Gasteiger partial charge in [-0.1, -0.05) is 18.2 Å². The van der Waals surface area contributed by atoms with Crippen LogP contribution >= 0.6 is 11.3 Å². The third kappa shape index (κ3) is 1.35. The van der Waals surface area contributed by atoms with Crippen molar-refractivity contribution in [1.82, 2.24) is 4.98 Å². The molecule has 1 aromatic carbocycles. The van der Waals surface area contributed by atoms with Gasteiger partial charge in [-0.05, 0) is 6.07 Å². The van der Waals surface area contributed by atoms with Gasteiger partial charge in [0.25, 0.3) is 0 Å². The molecule has 0 spiro atoms. The van der Waals surface area contributed by atoms with Gasteiger partial charge >= 0.3 is 0 Å². The topological polar surface area (TPSA) is 52.0 Å². The van der Waals surface area contributed by atoms with Crippen LogP contribution in [0.25, 0.3) is 21.4 Å². The summed E-state index contributed by atoms with van der Waals surface area (Å²) in [5, 5.41) is 3.28. The molecular formula is C12H10N2OS. The Labute approximate surface area is 96.5 Å². The largest absolute Gasteiger partial charge is 0.443 e. The summed E-state index contributed by atoms with van der Waals surface area (Å²) in [4.78, 5) is 4.11. The highest BCUT2D eigenvalue weighted by Crippen LogP contribution is 2.35. The molecule has 0 amide bonds. The number of fused-ring (bicyclic) bond motifs is 1. The van der Waals surface area contributed by atoms with E-state index in [1.165, 1.54) is 16.5 Å². The first-order valence-corrected chi connectivity index (χ1v) is 5.87. The number of thiophene rings is 1. The van der Waals surface area contributed by atoms with Gasteiger partial charge in [-0.25, -0.2) is 4.98 Å². The monoisotopic (exact) mass is 230 g/mol. The van der Waals surface area contributed by atoms with Crippen molar-refractivity contribution in [2.45, 2.75) is 6.54 Å². The van der Waals surface area contributed by atoms with Gasteiger partial charge in [0.05, 0.1) is 0 Å². The Morgan fingerprint density at radius 1 is 1.31 bits per heavy atom. The summed E-state index contributed by atoms with van der Waals surface area (Å²) in [7, 11) is 0. The van der Waals surface area contributed by atoms with Crippen LogP contribution in [0.1, 0.15) is 5.69 Å². The fraction of sp³-hybridized carbons (Fsp3) is 0.0833. The third-order valence-corrected chi connectivity index (χ3v) is 3.52. The van der Waals surface area contributed by atoms with Gasteiger partial charge in [-0.15, -0.1) is 11.3 Å². The molecule has 3 rings (SSSR count). The van der Waals surface area contributed by atoms with Crippen molar-refractivity contribution in [3.05, 3.63) is 41.7 Å². The number of hydrogen-bond donors (Lipinski definition) is 1. The van der Waals surface area contributed by atoms with Crippen molar-refractivity contribution >= 4 is 21.4 Å². The minimum Gasteiger partial charge on any atom is -0.443 e. The highest BCUT2D eigenvalue weighted by atomic mass is 32.1. The Hall–Kier alpha value is -1.65. The van der Waals surface area contributed by atoms with Gasteiger partial charge in [-0.2, -0.15) is 0 Å². The fourth-order valence-electron chi connectivity index (χ4n) is 1.79. The average molecular weight is 230 g/mol. The molecule has 0 radical (unpaired) electrons. The molecule has 0 aliphatic rings. The van der Waals surface area contributed by atoms with Gasteiger partial charge in [0, 0.05) is 27.6 Å². The van der Waals surface area contributed by atoms with Crippen LogP contribution < -0.4 is 5.73 Å². The zero-order valence-corrected chi connectivity index (χ0v) is 9.33. The van der Waals surface area contributed by atoms with Gasteiger partial charge < -0.3 is 10.2 Å². The van der Waals surface area contributed by atoms with Crippen molar-refractivity contribution < 1.29 is 4.42 Å². The Morgan fingerprint density at radius 3 is 3.06 bits per heavy atom. The zero-order valence-electron chi connectivity index (χ0n) is 8.51. The van der Waals surface area contributed by atoms with E-state index in [1.807, 2.05) is 12.1 Å². The van der Waals surface area contributed by atoms with E-state index in [9.17, 15) is 0 Å². The second-order valence-corrected chi connectivity index (χ2v) is 4.39. The predicted molar refractivity (Wildman–Crippen MR) is 65.2 cm³/mol. The molecule has 4 heteroatoms. The number of oxazole rings is 1. The van der Waals surface area contributed by atoms with Crippen LogP contribution in [0.5, 0.6) is 0 Å². The first-order valence-electron chi connectivity index (χ1n) is 4.99. The van der Waals surface area contributed by atoms with Crippen molar-refractivity contribution in [2.24, 2.45) is 5.73 Å². The lowest BCUT2D eigenvalue weighted by atomic mass is 10.1. The van der Waals surface area contributed by atoms with E-state index in [4.69, 9.17) is 10.2 Å². The molecule has 2 aromatic heterocycles. The lowest BCUT2D eigenvalue weighted by molar-refractivity contribution is 0.571. The maximum atomic E-state index is 5.63. The number of nitrogens with zero attached hydrogens (tertiary/aromatic N) is 1. The molecule has 2 heterocycles. The van der Waals surface area contributed by atoms with Crippen LogP contribution in [0.4, 0.5) is 0 Å². The fourth-order valence-corrected chi connectivity index (χ4v) is 2.73. The number of benzene rings is 1. The summed E-state index contributed by atoms with van der Waals surface area (Å²) < 4.78 is 6.67. The molecule has 0 bridgehead atoms. The molecule has 0 saturated heterocycles. The number of hydrogen-bond acceptors (Lipinski definition) is 4. The standard InChI is InChI=1S/C12H10N2OS/c13-5-10-12(15-7-14-10)9-6-16-11-4-2-1-3-8(9)11/h1-4,6-7H,5,13H2. The van der Waals surface area contributed by atoms with E-state index in [0.29, 0.717) is 6.54 Å². The second-order valence-electron chi connectivity index (χ2n) is 3.48. The van der Waals surface area contributed by atoms with Crippen molar-refractivity contribution in [3.63, 3.8) is 0 Å². The van der Waals surface area contributed by atoms with Gasteiger partial charge in [0.1, 0.15) is 5.69 Å². The SMILES string of the molecule is NCc1ncoc1-c1csc2ccccc12. The van der Waals surface area contributed by atoms with E-state index >= 15 is 0 Å². The van der Waals surface area contributed by atoms with Crippen molar-refractivity contribution in [1.29, 1.82) is 0 Å². The molecule has 3 aromatic rings. The third-order valence-electron chi connectivity index (χ3n) is 2.56. The number of rotatable bonds is 2. The molecule has 2 N–H and O–H groups in total. The van der Waals surface area contributed by atoms with E-state index in [0.717, 1.165) is 17.0 Å². The second kappa shape index (κ2) is 3.73. The molecule has 0 unspecified atom stereocenters. The average Bonchev–Trinajstić information content (AvgIpc) is 2.94. The minimum atomic E-state index is 0.399. The molecule has 80 valence electrons. The smallest absolute Gasteiger partial charge is 0.181 e. The van der Waals surface area contributed by atoms with Crippen LogP contribution in [-0.2, 0) is 6.54 Å². The Bertz CT molecular complexity index is 627.